The highest BCUT2D eigenvalue weighted by atomic mass is 32.1. The predicted molar refractivity (Wildman–Crippen MR) is 195 cm³/mol. The van der Waals surface area contributed by atoms with E-state index >= 15 is 0 Å². The molecule has 0 aliphatic carbocycles. The molecule has 7 aromatic carbocycles. The third-order valence-corrected chi connectivity index (χ3v) is 11.3. The van der Waals surface area contributed by atoms with Gasteiger partial charge in [0.05, 0.1) is 21.3 Å². The Bertz CT molecular complexity index is 2750. The number of thiazole rings is 1. The smallest absolute Gasteiger partial charge is 0.124 e. The van der Waals surface area contributed by atoms with Gasteiger partial charge < -0.3 is 4.57 Å². The van der Waals surface area contributed by atoms with Crippen LogP contribution in [0.1, 0.15) is 0 Å². The summed E-state index contributed by atoms with van der Waals surface area (Å²) in [6.07, 6.45) is 0. The zero-order chi connectivity index (χ0) is 29.5. The van der Waals surface area contributed by atoms with E-state index in [0.717, 1.165) is 21.8 Å². The monoisotopic (exact) mass is 608 g/mol. The van der Waals surface area contributed by atoms with Gasteiger partial charge >= 0.3 is 0 Å². The molecule has 0 unspecified atom stereocenters. The first-order valence-electron chi connectivity index (χ1n) is 15.1. The van der Waals surface area contributed by atoms with Gasteiger partial charge in [0.25, 0.3) is 0 Å². The minimum Gasteiger partial charge on any atom is -0.309 e. The fourth-order valence-electron chi connectivity index (χ4n) is 6.87. The fraction of sp³-hybridized carbons (Fsp3) is 0. The van der Waals surface area contributed by atoms with E-state index in [1.165, 1.54) is 68.6 Å². The number of rotatable bonds is 3. The second-order valence-electron chi connectivity index (χ2n) is 11.6. The zero-order valence-corrected chi connectivity index (χ0v) is 25.7. The quantitative estimate of drug-likeness (QED) is 0.195. The Labute approximate surface area is 267 Å². The van der Waals surface area contributed by atoms with Crippen LogP contribution in [-0.2, 0) is 0 Å². The number of thiophene rings is 1. The molecule has 2 nitrogen and oxygen atoms in total. The summed E-state index contributed by atoms with van der Waals surface area (Å²) in [5.74, 6) is 0. The van der Waals surface area contributed by atoms with Crippen LogP contribution in [0, 0.1) is 0 Å². The van der Waals surface area contributed by atoms with Crippen LogP contribution in [0.2, 0.25) is 0 Å². The highest BCUT2D eigenvalue weighted by molar-refractivity contribution is 7.28. The molecule has 210 valence electrons. The SMILES string of the molecule is c1ccc(-c2ccc3sc4ccc5nc(-c6ccc(-n7c8ccccc8c8cc9ccccc9cc87)cc6)sc5c4c3c2)cc1. The van der Waals surface area contributed by atoms with Crippen molar-refractivity contribution in [2.75, 3.05) is 0 Å². The van der Waals surface area contributed by atoms with E-state index in [-0.39, 0.29) is 0 Å². The first kappa shape index (κ1) is 25.1. The van der Waals surface area contributed by atoms with Crippen molar-refractivity contribution in [3.63, 3.8) is 0 Å². The molecule has 3 aromatic heterocycles. The maximum atomic E-state index is 5.14. The van der Waals surface area contributed by atoms with E-state index in [2.05, 4.69) is 150 Å². The van der Waals surface area contributed by atoms with Crippen LogP contribution in [0.3, 0.4) is 0 Å². The summed E-state index contributed by atoms with van der Waals surface area (Å²) in [7, 11) is 0. The van der Waals surface area contributed by atoms with Crippen molar-refractivity contribution in [1.29, 1.82) is 0 Å². The normalized spacial score (nSPS) is 12.0. The van der Waals surface area contributed by atoms with Crippen molar-refractivity contribution in [3.05, 3.63) is 146 Å². The van der Waals surface area contributed by atoms with Gasteiger partial charge in [-0.1, -0.05) is 78.9 Å². The molecular formula is C41H24N2S2. The number of aromatic nitrogens is 2. The van der Waals surface area contributed by atoms with Gasteiger partial charge in [0, 0.05) is 42.2 Å². The minimum absolute atomic E-state index is 1.05. The van der Waals surface area contributed by atoms with Gasteiger partial charge in [-0.25, -0.2) is 4.98 Å². The Balaban J connectivity index is 1.11. The average molecular weight is 609 g/mol. The van der Waals surface area contributed by atoms with Gasteiger partial charge in [0.1, 0.15) is 5.01 Å². The molecule has 0 atom stereocenters. The highest BCUT2D eigenvalue weighted by Crippen LogP contribution is 2.44. The second-order valence-corrected chi connectivity index (χ2v) is 13.7. The van der Waals surface area contributed by atoms with Crippen molar-refractivity contribution in [3.8, 4) is 27.4 Å². The van der Waals surface area contributed by atoms with Gasteiger partial charge in [-0.15, -0.1) is 22.7 Å². The molecular weight excluding hydrogens is 585 g/mol. The summed E-state index contributed by atoms with van der Waals surface area (Å²) < 4.78 is 6.28. The molecule has 0 bridgehead atoms. The summed E-state index contributed by atoms with van der Waals surface area (Å²) >= 11 is 3.66. The van der Waals surface area contributed by atoms with Crippen LogP contribution in [0.4, 0.5) is 0 Å². The Hall–Kier alpha value is -5.29. The van der Waals surface area contributed by atoms with E-state index in [0.29, 0.717) is 0 Å². The summed E-state index contributed by atoms with van der Waals surface area (Å²) in [6.45, 7) is 0. The van der Waals surface area contributed by atoms with Gasteiger partial charge in [0.15, 0.2) is 0 Å². The number of nitrogens with zero attached hydrogens (tertiary/aromatic N) is 2. The number of hydrogen-bond donors (Lipinski definition) is 0. The molecule has 0 radical (unpaired) electrons. The molecule has 0 amide bonds. The first-order chi connectivity index (χ1) is 22.3. The van der Waals surface area contributed by atoms with E-state index in [1.54, 1.807) is 11.3 Å². The largest absolute Gasteiger partial charge is 0.309 e. The van der Waals surface area contributed by atoms with Crippen LogP contribution in [-0.4, -0.2) is 9.55 Å². The lowest BCUT2D eigenvalue weighted by atomic mass is 10.0. The van der Waals surface area contributed by atoms with Crippen LogP contribution in [0.5, 0.6) is 0 Å². The van der Waals surface area contributed by atoms with Crippen molar-refractivity contribution in [2.24, 2.45) is 0 Å². The molecule has 0 aliphatic heterocycles. The molecule has 0 N–H and O–H groups in total. The van der Waals surface area contributed by atoms with Crippen molar-refractivity contribution >= 4 is 85.6 Å². The van der Waals surface area contributed by atoms with Gasteiger partial charge in [-0.2, -0.15) is 0 Å². The fourth-order valence-corrected chi connectivity index (χ4v) is 9.16. The standard InChI is InChI=1S/C41H24N2S2/c1-2-8-25(9-3-1)29-16-20-37-33(23-29)39-38(44-37)21-19-34-40(39)45-41(42-34)26-14-17-30(18-15-26)43-35-13-7-6-12-31(35)32-22-27-10-4-5-11-28(27)24-36(32)43/h1-24H. The maximum absolute atomic E-state index is 5.14. The van der Waals surface area contributed by atoms with Crippen molar-refractivity contribution in [1.82, 2.24) is 9.55 Å². The minimum atomic E-state index is 1.05. The third kappa shape index (κ3) is 3.83. The average Bonchev–Trinajstić information content (AvgIpc) is 3.79. The van der Waals surface area contributed by atoms with Gasteiger partial charge in [-0.05, 0) is 88.6 Å². The molecule has 0 saturated heterocycles. The van der Waals surface area contributed by atoms with Crippen LogP contribution >= 0.6 is 22.7 Å². The zero-order valence-electron chi connectivity index (χ0n) is 24.1. The second kappa shape index (κ2) is 9.60. The molecule has 0 saturated carbocycles. The maximum Gasteiger partial charge on any atom is 0.124 e. The summed E-state index contributed by atoms with van der Waals surface area (Å²) in [5, 5.41) is 8.76. The Kier molecular flexibility index (Phi) is 5.35. The van der Waals surface area contributed by atoms with Crippen molar-refractivity contribution < 1.29 is 0 Å². The number of hydrogen-bond acceptors (Lipinski definition) is 3. The van der Waals surface area contributed by atoms with Crippen LogP contribution in [0.15, 0.2) is 146 Å². The third-order valence-electron chi connectivity index (χ3n) is 9.01. The molecule has 4 heteroatoms. The van der Waals surface area contributed by atoms with E-state index in [1.807, 2.05) is 11.3 Å². The van der Waals surface area contributed by atoms with Gasteiger partial charge in [-0.3, -0.25) is 0 Å². The Morgan fingerprint density at radius 2 is 1.20 bits per heavy atom. The summed E-state index contributed by atoms with van der Waals surface area (Å²) in [5.41, 5.74) is 8.29. The van der Waals surface area contributed by atoms with Gasteiger partial charge in [0.2, 0.25) is 0 Å². The number of fused-ring (bicyclic) bond motifs is 9. The molecule has 45 heavy (non-hydrogen) atoms. The van der Waals surface area contributed by atoms with E-state index in [4.69, 9.17) is 4.98 Å². The highest BCUT2D eigenvalue weighted by Gasteiger charge is 2.16. The van der Waals surface area contributed by atoms with Crippen LogP contribution in [0.25, 0.3) is 90.4 Å². The van der Waals surface area contributed by atoms with Crippen molar-refractivity contribution in [2.45, 2.75) is 0 Å². The Morgan fingerprint density at radius 3 is 2.07 bits per heavy atom. The molecule has 10 rings (SSSR count). The van der Waals surface area contributed by atoms with E-state index in [9.17, 15) is 0 Å². The summed E-state index contributed by atoms with van der Waals surface area (Å²) in [6, 6.07) is 52.9. The first-order valence-corrected chi connectivity index (χ1v) is 16.8. The molecule has 0 fully saturated rings. The number of para-hydroxylation sites is 1. The lowest BCUT2D eigenvalue weighted by Crippen LogP contribution is -1.93. The topological polar surface area (TPSA) is 17.8 Å². The Morgan fingerprint density at radius 1 is 0.467 bits per heavy atom. The van der Waals surface area contributed by atoms with E-state index < -0.39 is 0 Å². The lowest BCUT2D eigenvalue weighted by molar-refractivity contribution is 1.18. The molecule has 0 spiro atoms. The molecule has 0 aliphatic rings. The lowest BCUT2D eigenvalue weighted by Gasteiger charge is -2.09. The molecule has 10 aromatic rings. The molecule has 3 heterocycles. The van der Waals surface area contributed by atoms with Crippen LogP contribution < -0.4 is 0 Å². The predicted octanol–water partition coefficient (Wildman–Crippen LogP) is 12.2. The number of benzene rings is 7. The summed E-state index contributed by atoms with van der Waals surface area (Å²) in [4.78, 5) is 5.14.